The molecule has 4 heteroatoms. The molecule has 1 heterocycles. The van der Waals surface area contributed by atoms with E-state index in [0.29, 0.717) is 17.2 Å². The highest BCUT2D eigenvalue weighted by Crippen LogP contribution is 2.32. The van der Waals surface area contributed by atoms with Crippen LogP contribution >= 0.6 is 11.6 Å². The number of hydrogen-bond acceptors (Lipinski definition) is 2. The second kappa shape index (κ2) is 5.13. The van der Waals surface area contributed by atoms with Crippen LogP contribution in [0.15, 0.2) is 18.2 Å². The number of ether oxygens (including phenoxy) is 1. The topological polar surface area (TPSA) is 29.5 Å². The summed E-state index contributed by atoms with van der Waals surface area (Å²) in [5.74, 6) is -0.372. The van der Waals surface area contributed by atoms with E-state index in [1.54, 1.807) is 0 Å². The fourth-order valence-electron chi connectivity index (χ4n) is 2.01. The fourth-order valence-corrected chi connectivity index (χ4v) is 2.24. The molecule has 16 heavy (non-hydrogen) atoms. The van der Waals surface area contributed by atoms with Gasteiger partial charge in [0.15, 0.2) is 0 Å². The number of halogens is 2. The molecule has 0 aromatic heterocycles. The summed E-state index contributed by atoms with van der Waals surface area (Å²) in [7, 11) is 0. The molecule has 0 radical (unpaired) electrons. The van der Waals surface area contributed by atoms with Crippen LogP contribution in [0.4, 0.5) is 4.39 Å². The molecule has 88 valence electrons. The summed E-state index contributed by atoms with van der Waals surface area (Å²) in [4.78, 5) is 0. The maximum absolute atomic E-state index is 13.1. The van der Waals surface area contributed by atoms with E-state index in [0.717, 1.165) is 19.4 Å². The zero-order valence-corrected chi connectivity index (χ0v) is 9.58. The van der Waals surface area contributed by atoms with Gasteiger partial charge in [0.25, 0.3) is 0 Å². The van der Waals surface area contributed by atoms with Crippen molar-refractivity contribution in [1.82, 2.24) is 0 Å². The summed E-state index contributed by atoms with van der Waals surface area (Å²) in [6, 6.07) is 4.05. The van der Waals surface area contributed by atoms with Crippen molar-refractivity contribution in [2.24, 2.45) is 5.92 Å². The van der Waals surface area contributed by atoms with E-state index in [1.807, 2.05) is 0 Å². The minimum Gasteiger partial charge on any atom is -0.388 e. The van der Waals surface area contributed by atoms with Gasteiger partial charge >= 0.3 is 0 Å². The van der Waals surface area contributed by atoms with Crippen molar-refractivity contribution in [3.63, 3.8) is 0 Å². The molecule has 1 N–H and O–H groups in total. The maximum atomic E-state index is 13.1. The van der Waals surface area contributed by atoms with Crippen LogP contribution in [0.25, 0.3) is 0 Å². The molecule has 2 nitrogen and oxygen atoms in total. The van der Waals surface area contributed by atoms with Crippen molar-refractivity contribution in [2.75, 3.05) is 13.2 Å². The number of aliphatic hydroxyl groups excluding tert-OH is 1. The molecule has 2 atom stereocenters. The van der Waals surface area contributed by atoms with Gasteiger partial charge in [0.2, 0.25) is 0 Å². The normalized spacial score (nSPS) is 23.1. The monoisotopic (exact) mass is 244 g/mol. The third-order valence-corrected chi connectivity index (χ3v) is 3.26. The van der Waals surface area contributed by atoms with Gasteiger partial charge in [0.05, 0.1) is 12.7 Å². The van der Waals surface area contributed by atoms with Crippen molar-refractivity contribution < 1.29 is 14.2 Å². The van der Waals surface area contributed by atoms with E-state index < -0.39 is 6.10 Å². The lowest BCUT2D eigenvalue weighted by atomic mass is 9.91. The summed E-state index contributed by atoms with van der Waals surface area (Å²) >= 11 is 5.94. The molecule has 1 fully saturated rings. The zero-order chi connectivity index (χ0) is 11.5. The highest BCUT2D eigenvalue weighted by atomic mass is 35.5. The first-order chi connectivity index (χ1) is 7.68. The number of benzene rings is 1. The van der Waals surface area contributed by atoms with Crippen LogP contribution in [-0.4, -0.2) is 18.3 Å². The van der Waals surface area contributed by atoms with Crippen LogP contribution in [0.3, 0.4) is 0 Å². The Hall–Kier alpha value is -0.640. The SMILES string of the molecule is OC(c1cc(F)ccc1Cl)C1CCCOC1. The predicted molar refractivity (Wildman–Crippen MR) is 59.9 cm³/mol. The average molecular weight is 245 g/mol. The summed E-state index contributed by atoms with van der Waals surface area (Å²) in [6.07, 6.45) is 1.06. The molecule has 1 aliphatic heterocycles. The first kappa shape index (κ1) is 11.8. The highest BCUT2D eigenvalue weighted by Gasteiger charge is 2.25. The molecule has 1 aliphatic rings. The molecule has 0 bridgehead atoms. The van der Waals surface area contributed by atoms with Gasteiger partial charge < -0.3 is 9.84 Å². The largest absolute Gasteiger partial charge is 0.388 e. The van der Waals surface area contributed by atoms with Crippen LogP contribution in [0.1, 0.15) is 24.5 Å². The Labute approximate surface area is 99.0 Å². The molecule has 0 saturated carbocycles. The first-order valence-electron chi connectivity index (χ1n) is 5.39. The lowest BCUT2D eigenvalue weighted by Gasteiger charge is -2.27. The Morgan fingerprint density at radius 2 is 2.31 bits per heavy atom. The minimum atomic E-state index is -0.747. The molecular formula is C12H14ClFO2. The van der Waals surface area contributed by atoms with Gasteiger partial charge in [-0.2, -0.15) is 0 Å². The van der Waals surface area contributed by atoms with Gasteiger partial charge in [0, 0.05) is 23.1 Å². The van der Waals surface area contributed by atoms with E-state index in [-0.39, 0.29) is 11.7 Å². The molecular weight excluding hydrogens is 231 g/mol. The zero-order valence-electron chi connectivity index (χ0n) is 8.83. The van der Waals surface area contributed by atoms with Crippen LogP contribution in [-0.2, 0) is 4.74 Å². The second-order valence-electron chi connectivity index (χ2n) is 4.09. The quantitative estimate of drug-likeness (QED) is 0.867. The Morgan fingerprint density at radius 3 is 3.00 bits per heavy atom. The lowest BCUT2D eigenvalue weighted by molar-refractivity contribution is -0.0100. The van der Waals surface area contributed by atoms with Crippen LogP contribution in [0.2, 0.25) is 5.02 Å². The highest BCUT2D eigenvalue weighted by molar-refractivity contribution is 6.31. The number of hydrogen-bond donors (Lipinski definition) is 1. The summed E-state index contributed by atoms with van der Waals surface area (Å²) in [5, 5.41) is 10.5. The number of aliphatic hydroxyl groups is 1. The Morgan fingerprint density at radius 1 is 1.50 bits per heavy atom. The van der Waals surface area contributed by atoms with E-state index in [2.05, 4.69) is 0 Å². The van der Waals surface area contributed by atoms with Gasteiger partial charge in [-0.25, -0.2) is 4.39 Å². The van der Waals surface area contributed by atoms with Crippen molar-refractivity contribution >= 4 is 11.6 Å². The van der Waals surface area contributed by atoms with Gasteiger partial charge in [-0.3, -0.25) is 0 Å². The Kier molecular flexibility index (Phi) is 3.79. The maximum Gasteiger partial charge on any atom is 0.123 e. The average Bonchev–Trinajstić information content (AvgIpc) is 2.32. The van der Waals surface area contributed by atoms with Crippen molar-refractivity contribution in [1.29, 1.82) is 0 Å². The van der Waals surface area contributed by atoms with E-state index >= 15 is 0 Å². The molecule has 2 unspecified atom stereocenters. The first-order valence-corrected chi connectivity index (χ1v) is 5.77. The van der Waals surface area contributed by atoms with E-state index in [1.165, 1.54) is 18.2 Å². The van der Waals surface area contributed by atoms with Gasteiger partial charge in [-0.05, 0) is 31.0 Å². The second-order valence-corrected chi connectivity index (χ2v) is 4.50. The Bertz CT molecular complexity index is 364. The summed E-state index contributed by atoms with van der Waals surface area (Å²) < 4.78 is 18.4. The van der Waals surface area contributed by atoms with E-state index in [9.17, 15) is 9.50 Å². The van der Waals surface area contributed by atoms with Crippen LogP contribution < -0.4 is 0 Å². The third kappa shape index (κ3) is 2.54. The summed E-state index contributed by atoms with van der Waals surface area (Å²) in [6.45, 7) is 1.24. The van der Waals surface area contributed by atoms with Crippen molar-refractivity contribution in [3.05, 3.63) is 34.6 Å². The molecule has 0 amide bonds. The number of rotatable bonds is 2. The fraction of sp³-hybridized carbons (Fsp3) is 0.500. The smallest absolute Gasteiger partial charge is 0.123 e. The van der Waals surface area contributed by atoms with Gasteiger partial charge in [-0.1, -0.05) is 11.6 Å². The van der Waals surface area contributed by atoms with Crippen molar-refractivity contribution in [2.45, 2.75) is 18.9 Å². The molecule has 2 rings (SSSR count). The van der Waals surface area contributed by atoms with Gasteiger partial charge in [0.1, 0.15) is 5.82 Å². The predicted octanol–water partition coefficient (Wildman–Crippen LogP) is 2.94. The van der Waals surface area contributed by atoms with Crippen molar-refractivity contribution in [3.8, 4) is 0 Å². The van der Waals surface area contributed by atoms with Crippen LogP contribution in [0.5, 0.6) is 0 Å². The molecule has 0 spiro atoms. The molecule has 1 aromatic carbocycles. The summed E-state index contributed by atoms with van der Waals surface area (Å²) in [5.41, 5.74) is 0.456. The minimum absolute atomic E-state index is 0.00745. The third-order valence-electron chi connectivity index (χ3n) is 2.92. The molecule has 1 saturated heterocycles. The standard InChI is InChI=1S/C12H14ClFO2/c13-11-4-3-9(14)6-10(11)12(15)8-2-1-5-16-7-8/h3-4,6,8,12,15H,1-2,5,7H2. The molecule has 1 aromatic rings. The van der Waals surface area contributed by atoms with Gasteiger partial charge in [-0.15, -0.1) is 0 Å². The Balaban J connectivity index is 2.18. The molecule has 0 aliphatic carbocycles. The van der Waals surface area contributed by atoms with Crippen LogP contribution in [0, 0.1) is 11.7 Å². The van der Waals surface area contributed by atoms with E-state index in [4.69, 9.17) is 16.3 Å². The lowest BCUT2D eigenvalue weighted by Crippen LogP contribution is -2.23.